The molecule has 0 unspecified atom stereocenters. The first-order chi connectivity index (χ1) is 26.2. The Morgan fingerprint density at radius 2 is 1.13 bits per heavy atom. The average molecular weight is 678 g/mol. The Labute approximate surface area is 305 Å². The average Bonchev–Trinajstić information content (AvgIpc) is 3.62. The molecule has 0 saturated carbocycles. The normalized spacial score (nSPS) is 12.9. The standard InChI is InChI=1S/C49H31N3O/c1-2-8-32(9-3-1)41-28-24-35-22-23-36-25-29-42(51-48(36)47(35)50-41)33-18-14-30(15-19-33)31-16-20-34(21-17-31)46-40-27-26-38-37-10-5-7-13-44(37)53-49(38)45(40)39-11-4-6-12-43(39)52-46/h1-23,25-27,29H,24,28H2. The molecule has 248 valence electrons. The summed E-state index contributed by atoms with van der Waals surface area (Å²) in [6.07, 6.45) is 1.91. The van der Waals surface area contributed by atoms with E-state index in [4.69, 9.17) is 19.4 Å². The molecule has 0 fully saturated rings. The third-order valence-electron chi connectivity index (χ3n) is 10.8. The molecule has 1 aliphatic heterocycles. The number of fused-ring (bicyclic) bond motifs is 10. The molecule has 3 aromatic heterocycles. The Kier molecular flexibility index (Phi) is 6.65. The van der Waals surface area contributed by atoms with Crippen molar-refractivity contribution < 1.29 is 4.42 Å². The van der Waals surface area contributed by atoms with Crippen LogP contribution in [0.4, 0.5) is 5.69 Å². The highest BCUT2D eigenvalue weighted by Crippen LogP contribution is 2.41. The maximum atomic E-state index is 6.51. The maximum Gasteiger partial charge on any atom is 0.144 e. The summed E-state index contributed by atoms with van der Waals surface area (Å²) in [5, 5.41) is 6.64. The molecule has 11 rings (SSSR count). The van der Waals surface area contributed by atoms with Gasteiger partial charge in [0.1, 0.15) is 11.2 Å². The van der Waals surface area contributed by atoms with Crippen LogP contribution in [0.2, 0.25) is 0 Å². The summed E-state index contributed by atoms with van der Waals surface area (Å²) in [5.74, 6) is 0. The molecule has 0 aliphatic carbocycles. The lowest BCUT2D eigenvalue weighted by atomic mass is 9.95. The van der Waals surface area contributed by atoms with Crippen LogP contribution in [-0.2, 0) is 6.42 Å². The number of aliphatic imine (C=N–C) groups is 1. The van der Waals surface area contributed by atoms with Crippen molar-refractivity contribution in [1.82, 2.24) is 9.97 Å². The van der Waals surface area contributed by atoms with E-state index in [-0.39, 0.29) is 0 Å². The summed E-state index contributed by atoms with van der Waals surface area (Å²) < 4.78 is 6.51. The SMILES string of the molecule is c1ccc(C2=Nc3c(ccc4ccc(-c5ccc(-c6ccc(-c7nc8ccccc8c8c7ccc7c9ccccc9oc78)cc6)cc5)nc34)CC2)cc1. The molecule has 0 spiro atoms. The number of aromatic nitrogens is 2. The van der Waals surface area contributed by atoms with Crippen molar-refractivity contribution in [3.05, 3.63) is 175 Å². The quantitative estimate of drug-likeness (QED) is 0.174. The first-order valence-corrected chi connectivity index (χ1v) is 18.1. The number of nitrogens with zero attached hydrogens (tertiary/aromatic N) is 3. The molecule has 0 N–H and O–H groups in total. The van der Waals surface area contributed by atoms with Crippen LogP contribution in [0.3, 0.4) is 0 Å². The third-order valence-corrected chi connectivity index (χ3v) is 10.8. The lowest BCUT2D eigenvalue weighted by Gasteiger charge is -2.17. The molecule has 0 atom stereocenters. The van der Waals surface area contributed by atoms with Gasteiger partial charge in [-0.3, -0.25) is 4.99 Å². The molecule has 0 radical (unpaired) electrons. The van der Waals surface area contributed by atoms with Gasteiger partial charge in [0.15, 0.2) is 0 Å². The van der Waals surface area contributed by atoms with Gasteiger partial charge in [0, 0.05) is 49.2 Å². The fourth-order valence-electron chi connectivity index (χ4n) is 8.08. The van der Waals surface area contributed by atoms with Crippen molar-refractivity contribution in [3.63, 3.8) is 0 Å². The van der Waals surface area contributed by atoms with E-state index in [1.807, 2.05) is 18.2 Å². The second-order valence-electron chi connectivity index (χ2n) is 13.9. The molecular weight excluding hydrogens is 647 g/mol. The van der Waals surface area contributed by atoms with Gasteiger partial charge in [0.2, 0.25) is 0 Å². The number of pyridine rings is 2. The molecule has 7 aromatic carbocycles. The van der Waals surface area contributed by atoms with Crippen LogP contribution in [0.1, 0.15) is 17.5 Å². The van der Waals surface area contributed by atoms with E-state index >= 15 is 0 Å². The van der Waals surface area contributed by atoms with E-state index in [1.54, 1.807) is 0 Å². The second kappa shape index (κ2) is 11.8. The predicted octanol–water partition coefficient (Wildman–Crippen LogP) is 12.9. The maximum absolute atomic E-state index is 6.51. The summed E-state index contributed by atoms with van der Waals surface area (Å²) >= 11 is 0. The van der Waals surface area contributed by atoms with Gasteiger partial charge >= 0.3 is 0 Å². The van der Waals surface area contributed by atoms with Crippen LogP contribution in [0.5, 0.6) is 0 Å². The van der Waals surface area contributed by atoms with Crippen molar-refractivity contribution in [2.45, 2.75) is 12.8 Å². The number of para-hydroxylation sites is 2. The fraction of sp³-hybridized carbons (Fsp3) is 0.0408. The minimum Gasteiger partial charge on any atom is -0.455 e. The number of hydrogen-bond acceptors (Lipinski definition) is 4. The van der Waals surface area contributed by atoms with Gasteiger partial charge in [-0.2, -0.15) is 0 Å². The number of aryl methyl sites for hydroxylation is 1. The van der Waals surface area contributed by atoms with E-state index in [0.29, 0.717) is 0 Å². The number of hydrogen-bond donors (Lipinski definition) is 0. The van der Waals surface area contributed by atoms with Crippen molar-refractivity contribution in [2.24, 2.45) is 4.99 Å². The van der Waals surface area contributed by atoms with E-state index < -0.39 is 0 Å². The Hall–Kier alpha value is -6.91. The predicted molar refractivity (Wildman–Crippen MR) is 219 cm³/mol. The molecule has 4 heteroatoms. The molecule has 4 nitrogen and oxygen atoms in total. The zero-order chi connectivity index (χ0) is 34.9. The van der Waals surface area contributed by atoms with Crippen molar-refractivity contribution in [3.8, 4) is 33.6 Å². The van der Waals surface area contributed by atoms with Crippen molar-refractivity contribution in [1.29, 1.82) is 0 Å². The van der Waals surface area contributed by atoms with Crippen LogP contribution in [0, 0.1) is 0 Å². The zero-order valence-corrected chi connectivity index (χ0v) is 28.8. The van der Waals surface area contributed by atoms with Crippen LogP contribution >= 0.6 is 0 Å². The first kappa shape index (κ1) is 29.8. The van der Waals surface area contributed by atoms with Crippen LogP contribution in [0.15, 0.2) is 173 Å². The molecule has 0 amide bonds. The van der Waals surface area contributed by atoms with Gasteiger partial charge in [-0.15, -0.1) is 0 Å². The van der Waals surface area contributed by atoms with E-state index in [0.717, 1.165) is 112 Å². The summed E-state index contributed by atoms with van der Waals surface area (Å²) in [6, 6.07) is 57.6. The number of benzene rings is 7. The van der Waals surface area contributed by atoms with Gasteiger partial charge in [-0.1, -0.05) is 140 Å². The molecule has 4 heterocycles. The van der Waals surface area contributed by atoms with Crippen LogP contribution < -0.4 is 0 Å². The molecular formula is C49H31N3O. The summed E-state index contributed by atoms with van der Waals surface area (Å²) in [7, 11) is 0. The Bertz CT molecular complexity index is 3090. The van der Waals surface area contributed by atoms with Crippen LogP contribution in [-0.4, -0.2) is 15.7 Å². The third kappa shape index (κ3) is 4.87. The molecule has 10 aromatic rings. The van der Waals surface area contributed by atoms with Gasteiger partial charge < -0.3 is 4.42 Å². The Balaban J connectivity index is 0.943. The van der Waals surface area contributed by atoms with E-state index in [9.17, 15) is 0 Å². The number of rotatable bonds is 4. The van der Waals surface area contributed by atoms with Gasteiger partial charge in [0.05, 0.1) is 28.1 Å². The topological polar surface area (TPSA) is 51.3 Å². The zero-order valence-electron chi connectivity index (χ0n) is 28.8. The highest BCUT2D eigenvalue weighted by molar-refractivity contribution is 6.24. The summed E-state index contributed by atoms with van der Waals surface area (Å²) in [4.78, 5) is 15.5. The minimum atomic E-state index is 0.898. The fourth-order valence-corrected chi connectivity index (χ4v) is 8.08. The molecule has 0 saturated heterocycles. The lowest BCUT2D eigenvalue weighted by molar-refractivity contribution is 0.673. The number of furan rings is 1. The van der Waals surface area contributed by atoms with Gasteiger partial charge in [-0.25, -0.2) is 9.97 Å². The smallest absolute Gasteiger partial charge is 0.144 e. The largest absolute Gasteiger partial charge is 0.455 e. The Morgan fingerprint density at radius 1 is 0.453 bits per heavy atom. The van der Waals surface area contributed by atoms with Crippen molar-refractivity contribution >= 4 is 65.9 Å². The Morgan fingerprint density at radius 3 is 1.96 bits per heavy atom. The van der Waals surface area contributed by atoms with Gasteiger partial charge in [-0.05, 0) is 59.4 Å². The van der Waals surface area contributed by atoms with Crippen molar-refractivity contribution in [2.75, 3.05) is 0 Å². The monoisotopic (exact) mass is 677 g/mol. The molecule has 1 aliphatic rings. The first-order valence-electron chi connectivity index (χ1n) is 18.1. The van der Waals surface area contributed by atoms with E-state index in [1.165, 1.54) is 11.1 Å². The summed E-state index contributed by atoms with van der Waals surface area (Å²) in [6.45, 7) is 0. The molecule has 53 heavy (non-hydrogen) atoms. The lowest BCUT2D eigenvalue weighted by Crippen LogP contribution is -2.08. The van der Waals surface area contributed by atoms with Crippen LogP contribution in [0.25, 0.3) is 88.2 Å². The highest BCUT2D eigenvalue weighted by Gasteiger charge is 2.19. The summed E-state index contributed by atoms with van der Waals surface area (Å²) in [5.41, 5.74) is 14.6. The molecule has 0 bridgehead atoms. The second-order valence-corrected chi connectivity index (χ2v) is 13.9. The highest BCUT2D eigenvalue weighted by atomic mass is 16.3. The van der Waals surface area contributed by atoms with E-state index in [2.05, 4.69) is 146 Å². The van der Waals surface area contributed by atoms with Gasteiger partial charge in [0.25, 0.3) is 0 Å². The minimum absolute atomic E-state index is 0.898.